The highest BCUT2D eigenvalue weighted by molar-refractivity contribution is 6.24. The number of hydrogen-bond donors (Lipinski definition) is 0. The maximum Gasteiger partial charge on any atom is 0.0620 e. The van der Waals surface area contributed by atoms with Crippen molar-refractivity contribution in [3.8, 4) is 39.1 Å². The molecular formula is C60H39N3. The van der Waals surface area contributed by atoms with E-state index >= 15 is 0 Å². The predicted molar refractivity (Wildman–Crippen MR) is 266 cm³/mol. The van der Waals surface area contributed by atoms with E-state index in [1.807, 2.05) is 0 Å². The van der Waals surface area contributed by atoms with Crippen LogP contribution in [0.5, 0.6) is 0 Å². The second-order valence-corrected chi connectivity index (χ2v) is 16.6. The summed E-state index contributed by atoms with van der Waals surface area (Å²) in [5.74, 6) is 0. The van der Waals surface area contributed by atoms with Crippen molar-refractivity contribution < 1.29 is 0 Å². The zero-order valence-corrected chi connectivity index (χ0v) is 34.4. The SMILES string of the molecule is c1ccc(-c2ccc(N(c3ccc(-c4cc5c6ccccc6n6c7ccccc7c(c4)c56)cc3)c3ccc(-c4ccc5c6ccccc6n(-c6ccccc6)c5c4)cc3)cc2)cc1. The fourth-order valence-electron chi connectivity index (χ4n) is 10.1. The molecule has 3 nitrogen and oxygen atoms in total. The van der Waals surface area contributed by atoms with Gasteiger partial charge in [-0.25, -0.2) is 0 Å². The smallest absolute Gasteiger partial charge is 0.0620 e. The van der Waals surface area contributed by atoms with E-state index in [0.717, 1.165) is 22.7 Å². The van der Waals surface area contributed by atoms with Crippen LogP contribution in [0.15, 0.2) is 237 Å². The van der Waals surface area contributed by atoms with Crippen LogP contribution < -0.4 is 4.90 Å². The van der Waals surface area contributed by atoms with Crippen LogP contribution in [-0.2, 0) is 0 Å². The number of nitrogens with zero attached hydrogens (tertiary/aromatic N) is 3. The minimum atomic E-state index is 1.09. The molecule has 10 aromatic carbocycles. The van der Waals surface area contributed by atoms with Gasteiger partial charge in [0.25, 0.3) is 0 Å². The molecule has 3 aromatic heterocycles. The third-order valence-electron chi connectivity index (χ3n) is 13.0. The molecule has 63 heavy (non-hydrogen) atoms. The van der Waals surface area contributed by atoms with Crippen LogP contribution in [0.1, 0.15) is 0 Å². The van der Waals surface area contributed by atoms with Gasteiger partial charge in [-0.3, -0.25) is 0 Å². The topological polar surface area (TPSA) is 12.6 Å². The fraction of sp³-hybridized carbons (Fsp3) is 0. The monoisotopic (exact) mass is 801 g/mol. The van der Waals surface area contributed by atoms with Crippen LogP contribution in [0.3, 0.4) is 0 Å². The Morgan fingerprint density at radius 1 is 0.254 bits per heavy atom. The van der Waals surface area contributed by atoms with Gasteiger partial charge in [-0.2, -0.15) is 0 Å². The highest BCUT2D eigenvalue weighted by Crippen LogP contribution is 2.43. The van der Waals surface area contributed by atoms with E-state index in [9.17, 15) is 0 Å². The Bertz CT molecular complexity index is 3720. The molecule has 13 aromatic rings. The summed E-state index contributed by atoms with van der Waals surface area (Å²) in [6.45, 7) is 0. The summed E-state index contributed by atoms with van der Waals surface area (Å²) >= 11 is 0. The van der Waals surface area contributed by atoms with Crippen molar-refractivity contribution in [3.63, 3.8) is 0 Å². The largest absolute Gasteiger partial charge is 0.311 e. The average molecular weight is 802 g/mol. The van der Waals surface area contributed by atoms with Crippen molar-refractivity contribution in [2.24, 2.45) is 0 Å². The van der Waals surface area contributed by atoms with Gasteiger partial charge in [-0.1, -0.05) is 152 Å². The van der Waals surface area contributed by atoms with Crippen molar-refractivity contribution in [1.82, 2.24) is 8.97 Å². The molecule has 0 aliphatic carbocycles. The molecule has 13 rings (SSSR count). The molecule has 3 heterocycles. The molecule has 0 aliphatic heterocycles. The average Bonchev–Trinajstić information content (AvgIpc) is 4.00. The number of rotatable bonds is 7. The first-order valence-electron chi connectivity index (χ1n) is 21.7. The van der Waals surface area contributed by atoms with Gasteiger partial charge >= 0.3 is 0 Å². The summed E-state index contributed by atoms with van der Waals surface area (Å²) in [6.07, 6.45) is 0. The molecule has 0 radical (unpaired) electrons. The second kappa shape index (κ2) is 14.1. The minimum absolute atomic E-state index is 1.09. The number of hydrogen-bond acceptors (Lipinski definition) is 1. The molecule has 0 N–H and O–H groups in total. The molecule has 0 fully saturated rings. The first kappa shape index (κ1) is 35.4. The molecule has 0 bridgehead atoms. The highest BCUT2D eigenvalue weighted by Gasteiger charge is 2.20. The molecule has 0 amide bonds. The third-order valence-corrected chi connectivity index (χ3v) is 13.0. The van der Waals surface area contributed by atoms with Crippen molar-refractivity contribution in [3.05, 3.63) is 237 Å². The van der Waals surface area contributed by atoms with Crippen LogP contribution in [0.25, 0.3) is 99.0 Å². The van der Waals surface area contributed by atoms with Crippen LogP contribution in [0.2, 0.25) is 0 Å². The molecule has 0 atom stereocenters. The van der Waals surface area contributed by atoms with Crippen molar-refractivity contribution in [2.45, 2.75) is 0 Å². The fourth-order valence-corrected chi connectivity index (χ4v) is 10.1. The summed E-state index contributed by atoms with van der Waals surface area (Å²) < 4.78 is 4.83. The summed E-state index contributed by atoms with van der Waals surface area (Å²) in [6, 6.07) is 86.3. The number of benzene rings is 10. The molecule has 0 aliphatic rings. The lowest BCUT2D eigenvalue weighted by Gasteiger charge is -2.26. The van der Waals surface area contributed by atoms with Gasteiger partial charge in [0.1, 0.15) is 0 Å². The van der Waals surface area contributed by atoms with Crippen LogP contribution in [0, 0.1) is 0 Å². The summed E-state index contributed by atoms with van der Waals surface area (Å²) in [5, 5.41) is 7.67. The Kier molecular flexibility index (Phi) is 7.91. The normalized spacial score (nSPS) is 11.8. The lowest BCUT2D eigenvalue weighted by atomic mass is 9.99. The van der Waals surface area contributed by atoms with Crippen LogP contribution in [0.4, 0.5) is 17.1 Å². The Labute approximate surface area is 364 Å². The van der Waals surface area contributed by atoms with E-state index in [1.165, 1.54) is 93.3 Å². The first-order valence-corrected chi connectivity index (χ1v) is 21.7. The number of fused-ring (bicyclic) bond motifs is 9. The zero-order valence-electron chi connectivity index (χ0n) is 34.4. The van der Waals surface area contributed by atoms with Gasteiger partial charge in [-0.15, -0.1) is 0 Å². The van der Waals surface area contributed by atoms with Gasteiger partial charge in [-0.05, 0) is 118 Å². The van der Waals surface area contributed by atoms with Gasteiger partial charge < -0.3 is 13.9 Å². The Hall–Kier alpha value is -8.40. The second-order valence-electron chi connectivity index (χ2n) is 16.6. The summed E-state index contributed by atoms with van der Waals surface area (Å²) in [4.78, 5) is 2.37. The molecule has 0 unspecified atom stereocenters. The van der Waals surface area contributed by atoms with Crippen molar-refractivity contribution in [2.75, 3.05) is 4.90 Å². The zero-order chi connectivity index (χ0) is 41.4. The summed E-state index contributed by atoms with van der Waals surface area (Å²) in [7, 11) is 0. The van der Waals surface area contributed by atoms with E-state index in [0.29, 0.717) is 0 Å². The molecule has 0 saturated heterocycles. The van der Waals surface area contributed by atoms with E-state index in [4.69, 9.17) is 0 Å². The lowest BCUT2D eigenvalue weighted by Crippen LogP contribution is -2.09. The molecule has 294 valence electrons. The van der Waals surface area contributed by atoms with Crippen molar-refractivity contribution in [1.29, 1.82) is 0 Å². The van der Waals surface area contributed by atoms with E-state index in [1.54, 1.807) is 0 Å². The third kappa shape index (κ3) is 5.60. The molecule has 3 heteroatoms. The minimum Gasteiger partial charge on any atom is -0.311 e. The van der Waals surface area contributed by atoms with E-state index in [-0.39, 0.29) is 0 Å². The van der Waals surface area contributed by atoms with Gasteiger partial charge in [0.05, 0.1) is 27.6 Å². The van der Waals surface area contributed by atoms with E-state index in [2.05, 4.69) is 250 Å². The number of anilines is 3. The first-order chi connectivity index (χ1) is 31.2. The predicted octanol–water partition coefficient (Wildman–Crippen LogP) is 16.4. The summed E-state index contributed by atoms with van der Waals surface area (Å²) in [5.41, 5.74) is 17.8. The highest BCUT2D eigenvalue weighted by atomic mass is 15.1. The standard InChI is InChI=1S/C60H39N3/c1-3-13-40(14-4-1)41-23-30-47(31-24-41)61(48-32-25-42(26-33-48)44-29-36-53-50-17-7-10-20-56(50)62(59(53)39-44)46-15-5-2-6-16-46)49-34-27-43(28-35-49)45-37-54-51-18-8-11-21-57(51)63-58-22-12-9-19-52(58)55(38-45)60(54)63/h1-39H. The van der Waals surface area contributed by atoms with Gasteiger partial charge in [0, 0.05) is 55.1 Å². The lowest BCUT2D eigenvalue weighted by molar-refractivity contribution is 1.18. The van der Waals surface area contributed by atoms with Gasteiger partial charge in [0.15, 0.2) is 0 Å². The maximum atomic E-state index is 2.44. The Morgan fingerprint density at radius 2 is 0.651 bits per heavy atom. The molecular weight excluding hydrogens is 763 g/mol. The quantitative estimate of drug-likeness (QED) is 0.156. The van der Waals surface area contributed by atoms with Crippen molar-refractivity contribution >= 4 is 77.0 Å². The van der Waals surface area contributed by atoms with Crippen LogP contribution in [-0.4, -0.2) is 8.97 Å². The molecule has 0 saturated carbocycles. The Balaban J connectivity index is 0.909. The molecule has 0 spiro atoms. The van der Waals surface area contributed by atoms with E-state index < -0.39 is 0 Å². The maximum absolute atomic E-state index is 2.44. The van der Waals surface area contributed by atoms with Crippen LogP contribution >= 0.6 is 0 Å². The van der Waals surface area contributed by atoms with Gasteiger partial charge in [0.2, 0.25) is 0 Å². The number of para-hydroxylation sites is 4. The Morgan fingerprint density at radius 3 is 1.21 bits per heavy atom. The number of aromatic nitrogens is 2.